The molecule has 0 aromatic rings. The summed E-state index contributed by atoms with van der Waals surface area (Å²) in [7, 11) is 0. The fraction of sp³-hybridized carbons (Fsp3) is 0.688. The van der Waals surface area contributed by atoms with Crippen LogP contribution in [0.2, 0.25) is 0 Å². The second-order valence-electron chi connectivity index (χ2n) is 6.54. The lowest BCUT2D eigenvalue weighted by atomic mass is 9.78. The van der Waals surface area contributed by atoms with E-state index in [4.69, 9.17) is 9.47 Å². The molecule has 0 saturated carbocycles. The number of hydrogen-bond acceptors (Lipinski definition) is 3. The molecule has 2 aliphatic heterocycles. The molecule has 2 heterocycles. The zero-order valence-corrected chi connectivity index (χ0v) is 11.9. The van der Waals surface area contributed by atoms with Gasteiger partial charge < -0.3 is 9.47 Å². The Bertz CT molecular complexity index is 465. The molecule has 0 radical (unpaired) electrons. The maximum Gasteiger partial charge on any atom is 0.334 e. The van der Waals surface area contributed by atoms with E-state index in [1.165, 1.54) is 5.57 Å². The molecule has 3 heteroatoms. The lowest BCUT2D eigenvalue weighted by Crippen LogP contribution is -2.32. The zero-order valence-electron chi connectivity index (χ0n) is 11.9. The van der Waals surface area contributed by atoms with E-state index >= 15 is 0 Å². The molecule has 3 nitrogen and oxygen atoms in total. The average molecular weight is 262 g/mol. The van der Waals surface area contributed by atoms with Gasteiger partial charge in [-0.25, -0.2) is 4.79 Å². The maximum absolute atomic E-state index is 11.8. The molecule has 0 spiro atoms. The molecule has 2 saturated heterocycles. The number of rotatable bonds is 0. The van der Waals surface area contributed by atoms with Crippen LogP contribution in [0.1, 0.15) is 40.0 Å². The van der Waals surface area contributed by atoms with Crippen molar-refractivity contribution in [1.29, 1.82) is 0 Å². The summed E-state index contributed by atoms with van der Waals surface area (Å²) in [5.74, 6) is 0.230. The molecule has 0 aromatic heterocycles. The van der Waals surface area contributed by atoms with Crippen molar-refractivity contribution in [2.45, 2.75) is 57.8 Å². The second-order valence-corrected chi connectivity index (χ2v) is 6.54. The summed E-state index contributed by atoms with van der Waals surface area (Å²) in [5.41, 5.74) is 1.89. The number of carbonyl (C=O) groups is 1. The smallest absolute Gasteiger partial charge is 0.334 e. The van der Waals surface area contributed by atoms with Gasteiger partial charge in [-0.1, -0.05) is 25.2 Å². The number of allylic oxidation sites excluding steroid dienone is 2. The van der Waals surface area contributed by atoms with E-state index < -0.39 is 0 Å². The van der Waals surface area contributed by atoms with Gasteiger partial charge in [0.05, 0.1) is 5.60 Å². The first kappa shape index (κ1) is 12.9. The molecule has 3 rings (SSSR count). The fourth-order valence-electron chi connectivity index (χ4n) is 3.72. The lowest BCUT2D eigenvalue weighted by molar-refractivity contribution is -0.140. The third kappa shape index (κ3) is 2.04. The van der Waals surface area contributed by atoms with Gasteiger partial charge in [0.2, 0.25) is 0 Å². The zero-order chi connectivity index (χ0) is 13.8. The van der Waals surface area contributed by atoms with Gasteiger partial charge in [-0.2, -0.15) is 0 Å². The Kier molecular flexibility index (Phi) is 2.86. The number of esters is 1. The first-order valence-electron chi connectivity index (χ1n) is 7.15. The predicted molar refractivity (Wildman–Crippen MR) is 72.6 cm³/mol. The normalized spacial score (nSPS) is 45.9. The Balaban J connectivity index is 1.93. The van der Waals surface area contributed by atoms with Crippen LogP contribution in [0, 0.1) is 11.8 Å². The van der Waals surface area contributed by atoms with Crippen LogP contribution in [0.4, 0.5) is 0 Å². The molecule has 0 N–H and O–H groups in total. The van der Waals surface area contributed by atoms with E-state index in [-0.39, 0.29) is 29.7 Å². The first-order chi connectivity index (χ1) is 8.92. The van der Waals surface area contributed by atoms with E-state index in [2.05, 4.69) is 33.4 Å². The predicted octanol–water partition coefficient (Wildman–Crippen LogP) is 3.01. The highest BCUT2D eigenvalue weighted by atomic mass is 16.6. The Morgan fingerprint density at radius 2 is 2.21 bits per heavy atom. The quantitative estimate of drug-likeness (QED) is 0.291. The summed E-state index contributed by atoms with van der Waals surface area (Å²) in [5, 5.41) is 0. The lowest BCUT2D eigenvalue weighted by Gasteiger charge is -2.25. The van der Waals surface area contributed by atoms with Gasteiger partial charge in [0.25, 0.3) is 0 Å². The molecular formula is C16H22O3. The van der Waals surface area contributed by atoms with E-state index in [9.17, 15) is 4.79 Å². The van der Waals surface area contributed by atoms with Gasteiger partial charge in [-0.3, -0.25) is 0 Å². The van der Waals surface area contributed by atoms with Gasteiger partial charge in [-0.15, -0.1) is 0 Å². The molecule has 2 fully saturated rings. The molecule has 0 bridgehead atoms. The Morgan fingerprint density at radius 1 is 1.47 bits per heavy atom. The van der Waals surface area contributed by atoms with Crippen LogP contribution in [0.15, 0.2) is 23.8 Å². The molecular weight excluding hydrogens is 240 g/mol. The van der Waals surface area contributed by atoms with Crippen molar-refractivity contribution in [3.05, 3.63) is 23.8 Å². The van der Waals surface area contributed by atoms with Crippen LogP contribution in [0.3, 0.4) is 0 Å². The molecule has 5 atom stereocenters. The summed E-state index contributed by atoms with van der Waals surface area (Å²) < 4.78 is 11.4. The van der Waals surface area contributed by atoms with Gasteiger partial charge in [-0.05, 0) is 39.0 Å². The monoisotopic (exact) mass is 262 g/mol. The third-order valence-corrected chi connectivity index (χ3v) is 4.89. The van der Waals surface area contributed by atoms with Crippen LogP contribution < -0.4 is 0 Å². The Labute approximate surface area is 114 Å². The van der Waals surface area contributed by atoms with Gasteiger partial charge >= 0.3 is 5.97 Å². The van der Waals surface area contributed by atoms with Crippen molar-refractivity contribution >= 4 is 5.97 Å². The number of epoxide rings is 1. The van der Waals surface area contributed by atoms with Crippen molar-refractivity contribution in [1.82, 2.24) is 0 Å². The number of fused-ring (bicyclic) bond motifs is 3. The minimum atomic E-state index is -0.236. The number of carbonyl (C=O) groups excluding carboxylic acids is 1. The maximum atomic E-state index is 11.8. The standard InChI is InChI=1S/C16H22O3/c1-9-6-5-7-16(4)14(19-16)13-12(10(2)8-9)11(3)15(17)18-13/h6,10,12-14H,3,5,7-8H2,1-2,4H3. The van der Waals surface area contributed by atoms with Gasteiger partial charge in [0.15, 0.2) is 0 Å². The van der Waals surface area contributed by atoms with Crippen LogP contribution >= 0.6 is 0 Å². The van der Waals surface area contributed by atoms with Crippen molar-refractivity contribution in [3.63, 3.8) is 0 Å². The van der Waals surface area contributed by atoms with Crippen LogP contribution in [-0.4, -0.2) is 23.8 Å². The largest absolute Gasteiger partial charge is 0.455 e. The molecule has 104 valence electrons. The van der Waals surface area contributed by atoms with Crippen molar-refractivity contribution in [2.24, 2.45) is 11.8 Å². The van der Waals surface area contributed by atoms with Gasteiger partial charge in [0.1, 0.15) is 12.2 Å². The molecule has 5 unspecified atom stereocenters. The second kappa shape index (κ2) is 4.20. The summed E-state index contributed by atoms with van der Waals surface area (Å²) in [6, 6.07) is 0. The Morgan fingerprint density at radius 3 is 2.95 bits per heavy atom. The van der Waals surface area contributed by atoms with E-state index in [0.29, 0.717) is 11.5 Å². The summed E-state index contributed by atoms with van der Waals surface area (Å²) in [6.07, 6.45) is 5.26. The Hall–Kier alpha value is -1.09. The van der Waals surface area contributed by atoms with E-state index in [1.54, 1.807) is 0 Å². The van der Waals surface area contributed by atoms with Crippen molar-refractivity contribution in [3.8, 4) is 0 Å². The highest BCUT2D eigenvalue weighted by molar-refractivity contribution is 5.91. The van der Waals surface area contributed by atoms with Gasteiger partial charge in [0, 0.05) is 11.5 Å². The van der Waals surface area contributed by atoms with E-state index in [1.807, 2.05) is 0 Å². The molecule has 1 aliphatic carbocycles. The van der Waals surface area contributed by atoms with Crippen molar-refractivity contribution in [2.75, 3.05) is 0 Å². The third-order valence-electron chi connectivity index (χ3n) is 4.89. The summed E-state index contributed by atoms with van der Waals surface area (Å²) in [4.78, 5) is 11.8. The number of ether oxygens (including phenoxy) is 2. The highest BCUT2D eigenvalue weighted by Gasteiger charge is 2.62. The SMILES string of the molecule is C=C1C(=O)OC2C1C(C)CC(C)=CCCC1(C)OC21. The minimum Gasteiger partial charge on any atom is -0.455 e. The van der Waals surface area contributed by atoms with Crippen LogP contribution in [0.5, 0.6) is 0 Å². The van der Waals surface area contributed by atoms with Crippen LogP contribution in [-0.2, 0) is 14.3 Å². The average Bonchev–Trinajstić information content (AvgIpc) is 2.89. The fourth-order valence-corrected chi connectivity index (χ4v) is 3.72. The summed E-state index contributed by atoms with van der Waals surface area (Å²) in [6.45, 7) is 10.4. The highest BCUT2D eigenvalue weighted by Crippen LogP contribution is 2.50. The molecule has 19 heavy (non-hydrogen) atoms. The van der Waals surface area contributed by atoms with Crippen molar-refractivity contribution < 1.29 is 14.3 Å². The van der Waals surface area contributed by atoms with Crippen LogP contribution in [0.25, 0.3) is 0 Å². The first-order valence-corrected chi connectivity index (χ1v) is 7.15. The number of hydrogen-bond donors (Lipinski definition) is 0. The molecule has 0 aromatic carbocycles. The van der Waals surface area contributed by atoms with E-state index in [0.717, 1.165) is 19.3 Å². The molecule has 0 amide bonds. The molecule has 3 aliphatic rings. The summed E-state index contributed by atoms with van der Waals surface area (Å²) >= 11 is 0. The minimum absolute atomic E-state index is 0.0509. The topological polar surface area (TPSA) is 38.8 Å².